The van der Waals surface area contributed by atoms with Crippen molar-refractivity contribution in [2.45, 2.75) is 42.4 Å². The van der Waals surface area contributed by atoms with Crippen molar-refractivity contribution in [2.75, 3.05) is 13.1 Å². The van der Waals surface area contributed by atoms with Crippen molar-refractivity contribution in [1.82, 2.24) is 4.90 Å². The summed E-state index contributed by atoms with van der Waals surface area (Å²) in [6, 6.07) is 27.5. The van der Waals surface area contributed by atoms with Crippen molar-refractivity contribution < 1.29 is 0 Å². The summed E-state index contributed by atoms with van der Waals surface area (Å²) >= 11 is 2.00. The monoisotopic (exact) mass is 385 g/mol. The molecule has 142 valence electrons. The average molecular weight is 386 g/mol. The van der Waals surface area contributed by atoms with Gasteiger partial charge in [-0.2, -0.15) is 0 Å². The van der Waals surface area contributed by atoms with Gasteiger partial charge in [0.2, 0.25) is 0 Å². The minimum atomic E-state index is -0.204. The van der Waals surface area contributed by atoms with E-state index in [0.717, 1.165) is 18.8 Å². The predicted molar refractivity (Wildman–Crippen MR) is 119 cm³/mol. The van der Waals surface area contributed by atoms with E-state index in [2.05, 4.69) is 84.6 Å². The molecular formula is C26H27NS. The first-order valence-corrected chi connectivity index (χ1v) is 11.4. The molecule has 2 aliphatic rings. The molecule has 0 N–H and O–H groups in total. The molecular weight excluding hydrogens is 358 g/mol. The summed E-state index contributed by atoms with van der Waals surface area (Å²) in [5, 5.41) is 0. The van der Waals surface area contributed by atoms with Crippen LogP contribution in [0.1, 0.15) is 47.1 Å². The van der Waals surface area contributed by atoms with Gasteiger partial charge < -0.3 is 0 Å². The maximum absolute atomic E-state index is 2.77. The minimum absolute atomic E-state index is 0.204. The van der Waals surface area contributed by atoms with E-state index in [9.17, 15) is 0 Å². The van der Waals surface area contributed by atoms with Crippen molar-refractivity contribution in [2.24, 2.45) is 0 Å². The van der Waals surface area contributed by atoms with Gasteiger partial charge in [0.05, 0.1) is 5.54 Å². The smallest absolute Gasteiger partial charge is 0.0986 e. The topological polar surface area (TPSA) is 3.24 Å². The Kier molecular flexibility index (Phi) is 4.78. The van der Waals surface area contributed by atoms with Gasteiger partial charge in [-0.3, -0.25) is 4.90 Å². The van der Waals surface area contributed by atoms with Crippen LogP contribution in [0, 0.1) is 6.92 Å². The highest BCUT2D eigenvalue weighted by Crippen LogP contribution is 2.51. The lowest BCUT2D eigenvalue weighted by Gasteiger charge is -2.48. The molecule has 3 aromatic rings. The molecule has 2 heterocycles. The van der Waals surface area contributed by atoms with Gasteiger partial charge in [0.1, 0.15) is 0 Å². The molecule has 0 unspecified atom stereocenters. The molecule has 0 spiro atoms. The molecule has 28 heavy (non-hydrogen) atoms. The van der Waals surface area contributed by atoms with E-state index < -0.39 is 0 Å². The van der Waals surface area contributed by atoms with Crippen LogP contribution < -0.4 is 0 Å². The van der Waals surface area contributed by atoms with E-state index in [1.807, 2.05) is 11.8 Å². The maximum Gasteiger partial charge on any atom is 0.0986 e. The first-order valence-electron chi connectivity index (χ1n) is 10.4. The molecule has 5 rings (SSSR count). The molecule has 0 bridgehead atoms. The van der Waals surface area contributed by atoms with Crippen molar-refractivity contribution >= 4 is 11.8 Å². The molecule has 0 saturated carbocycles. The van der Waals surface area contributed by atoms with E-state index in [-0.39, 0.29) is 5.54 Å². The predicted octanol–water partition coefficient (Wildman–Crippen LogP) is 6.38. The van der Waals surface area contributed by atoms with Crippen LogP contribution in [0.2, 0.25) is 0 Å². The van der Waals surface area contributed by atoms with E-state index >= 15 is 0 Å². The number of rotatable bonds is 2. The summed E-state index contributed by atoms with van der Waals surface area (Å²) < 4.78 is 0. The zero-order chi connectivity index (χ0) is 19.0. The van der Waals surface area contributed by atoms with Crippen LogP contribution in [0.4, 0.5) is 0 Å². The second-order valence-electron chi connectivity index (χ2n) is 8.07. The van der Waals surface area contributed by atoms with Crippen molar-refractivity contribution in [1.29, 1.82) is 0 Å². The number of fused-ring (bicyclic) bond motifs is 2. The van der Waals surface area contributed by atoms with Gasteiger partial charge in [-0.25, -0.2) is 0 Å². The summed E-state index contributed by atoms with van der Waals surface area (Å²) in [6.45, 7) is 4.52. The Morgan fingerprint density at radius 1 is 0.786 bits per heavy atom. The van der Waals surface area contributed by atoms with Crippen LogP contribution in [0.3, 0.4) is 0 Å². The van der Waals surface area contributed by atoms with Crippen LogP contribution in [0.15, 0.2) is 77.7 Å². The molecule has 0 amide bonds. The molecule has 3 aromatic carbocycles. The molecule has 0 aliphatic carbocycles. The Bertz CT molecular complexity index is 975. The van der Waals surface area contributed by atoms with Crippen LogP contribution in [0.5, 0.6) is 0 Å². The number of benzene rings is 3. The second-order valence-corrected chi connectivity index (χ2v) is 9.09. The zero-order valence-electron chi connectivity index (χ0n) is 16.5. The number of aryl methyl sites for hydroxylation is 1. The van der Waals surface area contributed by atoms with Crippen LogP contribution in [0.25, 0.3) is 0 Å². The van der Waals surface area contributed by atoms with Gasteiger partial charge in [-0.15, -0.1) is 11.8 Å². The molecule has 0 aromatic heterocycles. The van der Waals surface area contributed by atoms with Crippen LogP contribution >= 0.6 is 11.8 Å². The third-order valence-electron chi connectivity index (χ3n) is 6.34. The highest BCUT2D eigenvalue weighted by Gasteiger charge is 2.46. The Morgan fingerprint density at radius 2 is 1.54 bits per heavy atom. The third-order valence-corrected chi connectivity index (χ3v) is 7.44. The van der Waals surface area contributed by atoms with Gasteiger partial charge in [-0.1, -0.05) is 73.2 Å². The lowest BCUT2D eigenvalue weighted by molar-refractivity contribution is 0.125. The highest BCUT2D eigenvalue weighted by atomic mass is 32.2. The molecule has 2 aliphatic heterocycles. The van der Waals surface area contributed by atoms with E-state index in [4.69, 9.17) is 0 Å². The molecule has 1 fully saturated rings. The van der Waals surface area contributed by atoms with E-state index in [0.29, 0.717) is 0 Å². The summed E-state index contributed by atoms with van der Waals surface area (Å²) in [7, 11) is 0. The Labute approximate surface area is 172 Å². The summed E-state index contributed by atoms with van der Waals surface area (Å²) in [5.74, 6) is 1.04. The standard InChI is InChI=1S/C26H27NS/c1-20-14-15-24-25(18-20)28-19-21-10-6-7-13-23(21)26(24,22-11-4-2-5-12-22)27-16-8-3-9-17-27/h2,4-7,10-15,18H,3,8-9,16-17,19H2,1H3/t26-/m1/s1. The van der Waals surface area contributed by atoms with E-state index in [1.54, 1.807) is 0 Å². The first-order chi connectivity index (χ1) is 13.8. The fourth-order valence-electron chi connectivity index (χ4n) is 5.09. The summed E-state index contributed by atoms with van der Waals surface area (Å²) in [5.41, 5.74) is 6.94. The van der Waals surface area contributed by atoms with Crippen molar-refractivity contribution in [3.63, 3.8) is 0 Å². The fraction of sp³-hybridized carbons (Fsp3) is 0.308. The van der Waals surface area contributed by atoms with Gasteiger partial charge >= 0.3 is 0 Å². The molecule has 0 radical (unpaired) electrons. The average Bonchev–Trinajstić information content (AvgIpc) is 2.90. The van der Waals surface area contributed by atoms with Gasteiger partial charge in [0.15, 0.2) is 0 Å². The number of likely N-dealkylation sites (tertiary alicyclic amines) is 1. The van der Waals surface area contributed by atoms with Gasteiger partial charge in [-0.05, 0) is 66.7 Å². The fourth-order valence-corrected chi connectivity index (χ4v) is 6.29. The zero-order valence-corrected chi connectivity index (χ0v) is 17.3. The molecule has 2 heteroatoms. The minimum Gasteiger partial charge on any atom is -0.286 e. The van der Waals surface area contributed by atoms with Crippen molar-refractivity contribution in [3.8, 4) is 0 Å². The Hall–Kier alpha value is -2.03. The van der Waals surface area contributed by atoms with Crippen LogP contribution in [-0.4, -0.2) is 18.0 Å². The number of hydrogen-bond acceptors (Lipinski definition) is 2. The Balaban J connectivity index is 1.88. The Morgan fingerprint density at radius 3 is 2.36 bits per heavy atom. The molecule has 1 nitrogen and oxygen atoms in total. The van der Waals surface area contributed by atoms with Gasteiger partial charge in [0.25, 0.3) is 0 Å². The summed E-state index contributed by atoms with van der Waals surface area (Å²) in [4.78, 5) is 4.20. The quantitative estimate of drug-likeness (QED) is 0.503. The largest absolute Gasteiger partial charge is 0.286 e. The summed E-state index contributed by atoms with van der Waals surface area (Å²) in [6.07, 6.45) is 3.91. The molecule has 1 atom stereocenters. The lowest BCUT2D eigenvalue weighted by atomic mass is 9.73. The van der Waals surface area contributed by atoms with Crippen molar-refractivity contribution in [3.05, 3.63) is 101 Å². The molecule has 1 saturated heterocycles. The number of hydrogen-bond donors (Lipinski definition) is 0. The first kappa shape index (κ1) is 18.0. The SMILES string of the molecule is Cc1ccc2c(c1)SCc1ccccc1[C@@]2(c1ccccc1)N1CCCCC1. The van der Waals surface area contributed by atoms with Gasteiger partial charge in [0, 0.05) is 10.6 Å². The maximum atomic E-state index is 2.77. The highest BCUT2D eigenvalue weighted by molar-refractivity contribution is 7.98. The number of nitrogens with zero attached hydrogens (tertiary/aromatic N) is 1. The second kappa shape index (κ2) is 7.42. The normalized spacial score (nSPS) is 22.2. The number of piperidine rings is 1. The van der Waals surface area contributed by atoms with E-state index in [1.165, 1.54) is 52.0 Å². The third kappa shape index (κ3) is 2.82. The van der Waals surface area contributed by atoms with Crippen LogP contribution in [-0.2, 0) is 11.3 Å². The number of thioether (sulfide) groups is 1. The lowest BCUT2D eigenvalue weighted by Crippen LogP contribution is -2.50.